The highest BCUT2D eigenvalue weighted by atomic mass is 16.3. The monoisotopic (exact) mass is 330 g/mol. The summed E-state index contributed by atoms with van der Waals surface area (Å²) in [6.45, 7) is 7.71. The van der Waals surface area contributed by atoms with Gasteiger partial charge in [0.15, 0.2) is 0 Å². The molecule has 1 N–H and O–H groups in total. The number of aryl methyl sites for hydroxylation is 1. The van der Waals surface area contributed by atoms with E-state index in [2.05, 4.69) is 11.9 Å². The molecule has 3 rings (SSSR count). The molecule has 1 spiro atoms. The largest absolute Gasteiger partial charge is 0.390 e. The van der Waals surface area contributed by atoms with E-state index in [4.69, 9.17) is 0 Å². The average Bonchev–Trinajstić information content (AvgIpc) is 3.11. The minimum Gasteiger partial charge on any atom is -0.390 e. The molecule has 1 aromatic carbocycles. The summed E-state index contributed by atoms with van der Waals surface area (Å²) in [6, 6.07) is 7.92. The number of hydrogen-bond donors (Lipinski definition) is 1. The van der Waals surface area contributed by atoms with Gasteiger partial charge in [0.2, 0.25) is 0 Å². The van der Waals surface area contributed by atoms with Gasteiger partial charge in [-0.05, 0) is 70.8 Å². The second kappa shape index (κ2) is 6.49. The van der Waals surface area contributed by atoms with Crippen molar-refractivity contribution in [3.8, 4) is 0 Å². The van der Waals surface area contributed by atoms with Gasteiger partial charge in [0, 0.05) is 30.6 Å². The van der Waals surface area contributed by atoms with Crippen LogP contribution in [0.15, 0.2) is 24.3 Å². The first-order valence-electron chi connectivity index (χ1n) is 9.06. The van der Waals surface area contributed by atoms with Crippen LogP contribution in [-0.2, 0) is 6.42 Å². The summed E-state index contributed by atoms with van der Waals surface area (Å²) in [5.41, 5.74) is 1.64. The SMILES string of the molecule is CN1CC[C@]2(CCN(C(=O)c3ccc(CCC(C)(C)O)cc3)C2)C1. The van der Waals surface area contributed by atoms with Crippen molar-refractivity contribution in [2.75, 3.05) is 33.2 Å². The highest BCUT2D eigenvalue weighted by Gasteiger charge is 2.43. The number of likely N-dealkylation sites (tertiary alicyclic amines) is 2. The second-order valence-corrected chi connectivity index (χ2v) is 8.47. The Morgan fingerprint density at radius 1 is 1.17 bits per heavy atom. The Bertz CT molecular complexity index is 591. The first kappa shape index (κ1) is 17.4. The van der Waals surface area contributed by atoms with E-state index in [1.807, 2.05) is 43.0 Å². The van der Waals surface area contributed by atoms with Crippen LogP contribution in [0, 0.1) is 5.41 Å². The fraction of sp³-hybridized carbons (Fsp3) is 0.650. The highest BCUT2D eigenvalue weighted by molar-refractivity contribution is 5.94. The van der Waals surface area contributed by atoms with Crippen molar-refractivity contribution in [3.05, 3.63) is 35.4 Å². The number of hydrogen-bond acceptors (Lipinski definition) is 3. The predicted molar refractivity (Wildman–Crippen MR) is 96.1 cm³/mol. The molecule has 2 heterocycles. The third-order valence-electron chi connectivity index (χ3n) is 5.58. The lowest BCUT2D eigenvalue weighted by atomic mass is 9.86. The molecule has 0 unspecified atom stereocenters. The minimum absolute atomic E-state index is 0.162. The Kier molecular flexibility index (Phi) is 4.71. The summed E-state index contributed by atoms with van der Waals surface area (Å²) in [5, 5.41) is 9.82. The molecule has 24 heavy (non-hydrogen) atoms. The number of benzene rings is 1. The number of amides is 1. The highest BCUT2D eigenvalue weighted by Crippen LogP contribution is 2.39. The maximum Gasteiger partial charge on any atom is 0.253 e. The Morgan fingerprint density at radius 2 is 1.83 bits per heavy atom. The maximum absolute atomic E-state index is 12.8. The van der Waals surface area contributed by atoms with Crippen molar-refractivity contribution in [2.24, 2.45) is 5.41 Å². The van der Waals surface area contributed by atoms with Crippen LogP contribution in [0.3, 0.4) is 0 Å². The van der Waals surface area contributed by atoms with Gasteiger partial charge < -0.3 is 14.9 Å². The number of carbonyl (C=O) groups excluding carboxylic acids is 1. The molecule has 0 aliphatic carbocycles. The quantitative estimate of drug-likeness (QED) is 0.923. The lowest BCUT2D eigenvalue weighted by molar-refractivity contribution is 0.0712. The number of nitrogens with zero attached hydrogens (tertiary/aromatic N) is 2. The van der Waals surface area contributed by atoms with E-state index in [-0.39, 0.29) is 5.91 Å². The molecule has 2 saturated heterocycles. The van der Waals surface area contributed by atoms with Crippen LogP contribution in [0.25, 0.3) is 0 Å². The van der Waals surface area contributed by atoms with Gasteiger partial charge in [-0.25, -0.2) is 0 Å². The summed E-state index contributed by atoms with van der Waals surface area (Å²) >= 11 is 0. The van der Waals surface area contributed by atoms with Crippen molar-refractivity contribution in [1.82, 2.24) is 9.80 Å². The molecule has 0 saturated carbocycles. The second-order valence-electron chi connectivity index (χ2n) is 8.47. The van der Waals surface area contributed by atoms with E-state index in [9.17, 15) is 9.90 Å². The minimum atomic E-state index is -0.646. The van der Waals surface area contributed by atoms with Gasteiger partial charge in [0.25, 0.3) is 5.91 Å². The zero-order valence-electron chi connectivity index (χ0n) is 15.2. The predicted octanol–water partition coefficient (Wildman–Crippen LogP) is 2.56. The number of rotatable bonds is 4. The summed E-state index contributed by atoms with van der Waals surface area (Å²) in [4.78, 5) is 17.2. The van der Waals surface area contributed by atoms with E-state index in [1.54, 1.807) is 0 Å². The zero-order valence-corrected chi connectivity index (χ0v) is 15.2. The molecule has 2 fully saturated rings. The maximum atomic E-state index is 12.8. The molecule has 1 amide bonds. The Labute approximate surface area is 145 Å². The van der Waals surface area contributed by atoms with E-state index < -0.39 is 5.60 Å². The molecule has 2 aliphatic heterocycles. The molecule has 4 nitrogen and oxygen atoms in total. The molecule has 4 heteroatoms. The van der Waals surface area contributed by atoms with Crippen LogP contribution in [0.1, 0.15) is 49.0 Å². The lowest BCUT2D eigenvalue weighted by Crippen LogP contribution is -2.33. The van der Waals surface area contributed by atoms with Crippen LogP contribution in [0.2, 0.25) is 0 Å². The Morgan fingerprint density at radius 3 is 2.42 bits per heavy atom. The fourth-order valence-electron chi connectivity index (χ4n) is 4.05. The van der Waals surface area contributed by atoms with Gasteiger partial charge in [-0.1, -0.05) is 12.1 Å². The van der Waals surface area contributed by atoms with Gasteiger partial charge in [-0.2, -0.15) is 0 Å². The Hall–Kier alpha value is -1.39. The fourth-order valence-corrected chi connectivity index (χ4v) is 4.05. The summed E-state index contributed by atoms with van der Waals surface area (Å²) in [7, 11) is 2.17. The normalized spacial score (nSPS) is 24.9. The first-order chi connectivity index (χ1) is 11.3. The molecule has 0 aromatic heterocycles. The number of aliphatic hydroxyl groups is 1. The molecule has 1 atom stereocenters. The van der Waals surface area contributed by atoms with Crippen molar-refractivity contribution in [2.45, 2.75) is 45.1 Å². The average molecular weight is 330 g/mol. The standard InChI is InChI=1S/C20H30N2O2/c1-19(2,24)9-8-16-4-6-17(7-5-16)18(23)22-13-11-20(15-22)10-12-21(3)14-20/h4-7,24H,8-15H2,1-3H3/t20-/m0/s1. The molecule has 2 aliphatic rings. The van der Waals surface area contributed by atoms with Crippen molar-refractivity contribution >= 4 is 5.91 Å². The van der Waals surface area contributed by atoms with E-state index in [0.29, 0.717) is 5.41 Å². The smallest absolute Gasteiger partial charge is 0.253 e. The molecular formula is C20H30N2O2. The van der Waals surface area contributed by atoms with Gasteiger partial charge in [0.1, 0.15) is 0 Å². The lowest BCUT2D eigenvalue weighted by Gasteiger charge is -2.24. The zero-order chi connectivity index (χ0) is 17.4. The molecule has 0 bridgehead atoms. The van der Waals surface area contributed by atoms with Crippen molar-refractivity contribution in [1.29, 1.82) is 0 Å². The Balaban J connectivity index is 1.60. The molecule has 0 radical (unpaired) electrons. The third kappa shape index (κ3) is 3.98. The van der Waals surface area contributed by atoms with Crippen molar-refractivity contribution in [3.63, 3.8) is 0 Å². The van der Waals surface area contributed by atoms with E-state index >= 15 is 0 Å². The first-order valence-corrected chi connectivity index (χ1v) is 9.06. The summed E-state index contributed by atoms with van der Waals surface area (Å²) in [6.07, 6.45) is 3.90. The van der Waals surface area contributed by atoms with Crippen LogP contribution < -0.4 is 0 Å². The summed E-state index contributed by atoms with van der Waals surface area (Å²) < 4.78 is 0. The van der Waals surface area contributed by atoms with Gasteiger partial charge in [0.05, 0.1) is 5.60 Å². The van der Waals surface area contributed by atoms with Gasteiger partial charge in [-0.3, -0.25) is 4.79 Å². The third-order valence-corrected chi connectivity index (χ3v) is 5.58. The number of carbonyl (C=O) groups is 1. The molecule has 132 valence electrons. The summed E-state index contributed by atoms with van der Waals surface area (Å²) in [5.74, 6) is 0.162. The van der Waals surface area contributed by atoms with Crippen LogP contribution >= 0.6 is 0 Å². The van der Waals surface area contributed by atoms with Crippen molar-refractivity contribution < 1.29 is 9.90 Å². The van der Waals surface area contributed by atoms with E-state index in [0.717, 1.165) is 51.0 Å². The molecular weight excluding hydrogens is 300 g/mol. The van der Waals surface area contributed by atoms with E-state index in [1.165, 1.54) is 12.0 Å². The van der Waals surface area contributed by atoms with Crippen LogP contribution in [0.4, 0.5) is 0 Å². The van der Waals surface area contributed by atoms with Crippen LogP contribution in [-0.4, -0.2) is 59.6 Å². The van der Waals surface area contributed by atoms with Crippen LogP contribution in [0.5, 0.6) is 0 Å². The van der Waals surface area contributed by atoms with Gasteiger partial charge in [-0.15, -0.1) is 0 Å². The molecule has 1 aromatic rings. The topological polar surface area (TPSA) is 43.8 Å². The van der Waals surface area contributed by atoms with Gasteiger partial charge >= 0.3 is 0 Å².